The van der Waals surface area contributed by atoms with Gasteiger partial charge in [-0.3, -0.25) is 4.79 Å². The van der Waals surface area contributed by atoms with Gasteiger partial charge >= 0.3 is 0 Å². The van der Waals surface area contributed by atoms with Gasteiger partial charge in [0.15, 0.2) is 5.65 Å². The van der Waals surface area contributed by atoms with Crippen LogP contribution in [0.2, 0.25) is 0 Å². The van der Waals surface area contributed by atoms with Gasteiger partial charge in [-0.05, 0) is 25.1 Å². The summed E-state index contributed by atoms with van der Waals surface area (Å²) >= 11 is 1.81. The van der Waals surface area contributed by atoms with Crippen molar-refractivity contribution in [2.45, 2.75) is 30.0 Å². The van der Waals surface area contributed by atoms with E-state index in [0.717, 1.165) is 10.6 Å². The second-order valence-corrected chi connectivity index (χ2v) is 7.41. The lowest BCUT2D eigenvalue weighted by atomic mass is 10.1. The van der Waals surface area contributed by atoms with Gasteiger partial charge in [0, 0.05) is 29.4 Å². The van der Waals surface area contributed by atoms with E-state index in [-0.39, 0.29) is 11.9 Å². The molecule has 2 aromatic heterocycles. The average Bonchev–Trinajstić information content (AvgIpc) is 2.96. The van der Waals surface area contributed by atoms with Gasteiger partial charge in [-0.1, -0.05) is 24.3 Å². The fourth-order valence-corrected chi connectivity index (χ4v) is 4.12. The van der Waals surface area contributed by atoms with Crippen molar-refractivity contribution in [3.05, 3.63) is 42.1 Å². The predicted octanol–water partition coefficient (Wildman–Crippen LogP) is 2.89. The molecule has 24 heavy (non-hydrogen) atoms. The summed E-state index contributed by atoms with van der Waals surface area (Å²) in [5.74, 6) is -0.0536. The zero-order valence-corrected chi connectivity index (χ0v) is 14.5. The number of pyridine rings is 1. The number of rotatable bonds is 1. The fraction of sp³-hybridized carbons (Fsp3) is 0.294. The molecule has 2 atom stereocenters. The minimum Gasteiger partial charge on any atom is -0.303 e. The van der Waals surface area contributed by atoms with Crippen LogP contribution in [0.3, 0.4) is 0 Å². The lowest BCUT2D eigenvalue weighted by Crippen LogP contribution is -2.46. The molecule has 1 aliphatic rings. The molecule has 3 heterocycles. The highest BCUT2D eigenvalue weighted by Crippen LogP contribution is 2.41. The quantitative estimate of drug-likeness (QED) is 0.682. The van der Waals surface area contributed by atoms with E-state index in [4.69, 9.17) is 0 Å². The molecule has 3 aromatic rings. The Labute approximate surface area is 143 Å². The number of aryl methyl sites for hydroxylation is 1. The first-order valence-electron chi connectivity index (χ1n) is 7.81. The van der Waals surface area contributed by atoms with Crippen LogP contribution in [0.4, 0.5) is 5.69 Å². The summed E-state index contributed by atoms with van der Waals surface area (Å²) in [6.07, 6.45) is 1.61. The Balaban J connectivity index is 1.79. The van der Waals surface area contributed by atoms with Crippen molar-refractivity contribution in [2.75, 3.05) is 4.90 Å². The number of aromatic nitrogens is 4. The van der Waals surface area contributed by atoms with Crippen LogP contribution >= 0.6 is 11.8 Å². The molecular formula is C17H17N5OS. The van der Waals surface area contributed by atoms with Crippen LogP contribution in [0.5, 0.6) is 0 Å². The zero-order valence-electron chi connectivity index (χ0n) is 13.7. The van der Waals surface area contributed by atoms with E-state index in [1.807, 2.05) is 23.1 Å². The van der Waals surface area contributed by atoms with E-state index < -0.39 is 0 Å². The van der Waals surface area contributed by atoms with Crippen LogP contribution in [0.1, 0.15) is 24.2 Å². The maximum atomic E-state index is 13.2. The third-order valence-corrected chi connectivity index (χ3v) is 5.80. The fourth-order valence-electron chi connectivity index (χ4n) is 2.96. The smallest absolute Gasteiger partial charge is 0.260 e. The first-order chi connectivity index (χ1) is 11.6. The molecule has 1 amide bonds. The normalized spacial score (nSPS) is 20.2. The van der Waals surface area contributed by atoms with Crippen LogP contribution < -0.4 is 4.90 Å². The second-order valence-electron chi connectivity index (χ2n) is 5.99. The summed E-state index contributed by atoms with van der Waals surface area (Å²) in [6.45, 7) is 4.23. The summed E-state index contributed by atoms with van der Waals surface area (Å²) in [6, 6.07) is 9.88. The molecule has 0 saturated carbocycles. The number of carbonyl (C=O) groups excluding carboxylic acids is 1. The molecule has 122 valence electrons. The number of carbonyl (C=O) groups is 1. The molecule has 6 nitrogen and oxygen atoms in total. The zero-order chi connectivity index (χ0) is 16.8. The molecule has 0 spiro atoms. The second kappa shape index (κ2) is 5.59. The average molecular weight is 339 g/mol. The van der Waals surface area contributed by atoms with E-state index in [0.29, 0.717) is 22.0 Å². The van der Waals surface area contributed by atoms with Crippen LogP contribution in [0, 0.1) is 0 Å². The number of para-hydroxylation sites is 1. The highest BCUT2D eigenvalue weighted by atomic mass is 32.2. The van der Waals surface area contributed by atoms with E-state index in [9.17, 15) is 4.79 Å². The molecule has 1 aliphatic heterocycles. The number of benzene rings is 1. The Morgan fingerprint density at radius 1 is 1.25 bits per heavy atom. The van der Waals surface area contributed by atoms with Crippen molar-refractivity contribution in [1.82, 2.24) is 20.0 Å². The van der Waals surface area contributed by atoms with Crippen LogP contribution in [0.25, 0.3) is 11.2 Å². The van der Waals surface area contributed by atoms with Crippen molar-refractivity contribution in [1.29, 1.82) is 0 Å². The molecule has 4 rings (SSSR count). The topological polar surface area (TPSA) is 63.9 Å². The molecule has 0 radical (unpaired) electrons. The van der Waals surface area contributed by atoms with Gasteiger partial charge in [0.25, 0.3) is 5.91 Å². The third-order valence-electron chi connectivity index (χ3n) is 4.43. The maximum absolute atomic E-state index is 13.2. The van der Waals surface area contributed by atoms with E-state index in [2.05, 4.69) is 35.2 Å². The monoisotopic (exact) mass is 339 g/mol. The summed E-state index contributed by atoms with van der Waals surface area (Å²) in [5, 5.41) is 8.32. The van der Waals surface area contributed by atoms with Crippen LogP contribution in [0.15, 0.2) is 41.4 Å². The molecule has 0 N–H and O–H groups in total. The summed E-state index contributed by atoms with van der Waals surface area (Å²) in [7, 11) is 1.78. The Morgan fingerprint density at radius 2 is 2.04 bits per heavy atom. The molecule has 0 aliphatic carbocycles. The van der Waals surface area contributed by atoms with E-state index >= 15 is 0 Å². The number of amides is 1. The van der Waals surface area contributed by atoms with Crippen LogP contribution in [-0.2, 0) is 7.05 Å². The molecule has 0 fully saturated rings. The van der Waals surface area contributed by atoms with Gasteiger partial charge in [-0.15, -0.1) is 16.9 Å². The molecule has 7 heteroatoms. The Morgan fingerprint density at radius 3 is 2.88 bits per heavy atom. The Kier molecular flexibility index (Phi) is 3.53. The minimum absolute atomic E-state index is 0.0536. The molecule has 0 unspecified atom stereocenters. The molecule has 0 bridgehead atoms. The first-order valence-corrected chi connectivity index (χ1v) is 8.69. The summed E-state index contributed by atoms with van der Waals surface area (Å²) in [4.78, 5) is 20.5. The van der Waals surface area contributed by atoms with Crippen molar-refractivity contribution >= 4 is 34.5 Å². The van der Waals surface area contributed by atoms with Gasteiger partial charge in [-0.2, -0.15) is 0 Å². The van der Waals surface area contributed by atoms with Gasteiger partial charge < -0.3 is 4.90 Å². The molecular weight excluding hydrogens is 322 g/mol. The highest BCUT2D eigenvalue weighted by Gasteiger charge is 2.34. The first kappa shape index (κ1) is 15.1. The largest absolute Gasteiger partial charge is 0.303 e. The Bertz CT molecular complexity index is 938. The summed E-state index contributed by atoms with van der Waals surface area (Å²) in [5.41, 5.74) is 2.78. The van der Waals surface area contributed by atoms with E-state index in [1.54, 1.807) is 35.8 Å². The SMILES string of the molecule is C[C@H]1Sc2ccccc2N(C(=O)c2cnc3c(c2)nnn3C)[C@H]1C. The number of fused-ring (bicyclic) bond motifs is 2. The maximum Gasteiger partial charge on any atom is 0.260 e. The van der Waals surface area contributed by atoms with Gasteiger partial charge in [0.1, 0.15) is 5.52 Å². The van der Waals surface area contributed by atoms with Crippen molar-refractivity contribution in [3.63, 3.8) is 0 Å². The minimum atomic E-state index is -0.0536. The Hall–Kier alpha value is -2.41. The van der Waals surface area contributed by atoms with Crippen LogP contribution in [-0.4, -0.2) is 37.2 Å². The van der Waals surface area contributed by atoms with Gasteiger partial charge in [0.2, 0.25) is 0 Å². The molecule has 1 aromatic carbocycles. The number of hydrogen-bond acceptors (Lipinski definition) is 5. The third kappa shape index (κ3) is 2.27. The lowest BCUT2D eigenvalue weighted by molar-refractivity contribution is 0.0977. The van der Waals surface area contributed by atoms with E-state index in [1.165, 1.54) is 0 Å². The predicted molar refractivity (Wildman–Crippen MR) is 94.3 cm³/mol. The summed E-state index contributed by atoms with van der Waals surface area (Å²) < 4.78 is 1.60. The lowest BCUT2D eigenvalue weighted by Gasteiger charge is -2.38. The van der Waals surface area contributed by atoms with Gasteiger partial charge in [-0.25, -0.2) is 9.67 Å². The number of thioether (sulfide) groups is 1. The van der Waals surface area contributed by atoms with Crippen molar-refractivity contribution in [3.8, 4) is 0 Å². The van der Waals surface area contributed by atoms with Crippen molar-refractivity contribution in [2.24, 2.45) is 7.05 Å². The standard InChI is InChI=1S/C17H17N5OS/c1-10-11(2)24-15-7-5-4-6-14(15)22(10)17(23)12-8-13-16(18-9-12)21(3)20-19-13/h4-11H,1-3H3/t10-,11+/m0/s1. The number of nitrogens with zero attached hydrogens (tertiary/aromatic N) is 5. The van der Waals surface area contributed by atoms with Crippen molar-refractivity contribution < 1.29 is 4.79 Å². The number of hydrogen-bond donors (Lipinski definition) is 0. The number of anilines is 1. The molecule has 0 saturated heterocycles. The van der Waals surface area contributed by atoms with Gasteiger partial charge in [0.05, 0.1) is 11.3 Å². The highest BCUT2D eigenvalue weighted by molar-refractivity contribution is 8.00.